The van der Waals surface area contributed by atoms with Crippen LogP contribution in [-0.2, 0) is 40.6 Å². The summed E-state index contributed by atoms with van der Waals surface area (Å²) in [5.41, 5.74) is 12.0. The van der Waals surface area contributed by atoms with Crippen LogP contribution in [0.2, 0.25) is 0 Å². The van der Waals surface area contributed by atoms with Crippen molar-refractivity contribution >= 4 is 74.7 Å². The number of imide groups is 1. The van der Waals surface area contributed by atoms with Gasteiger partial charge in [0.2, 0.25) is 17.8 Å². The molecule has 0 radical (unpaired) electrons. The van der Waals surface area contributed by atoms with Crippen LogP contribution in [0.15, 0.2) is 72.8 Å². The SMILES string of the molecule is CCn1nc(C)cc1C(=O)Nc1nc2cc(C(N)=O)cc(OCCCN(C)C(=O)CCN3C(=O)C=CC3=O)c2n1C/C=C/Cn1c2nc(-c3cc(C)nn3CC)ccc2c2cc(C=O)cc(OC)c21. The Morgan fingerprint density at radius 1 is 0.841 bits per heavy atom. The Balaban J connectivity index is 1.13. The fraction of sp³-hybridized carbons (Fsp3) is 0.306. The maximum Gasteiger partial charge on any atom is 0.276 e. The number of aldehydes is 1. The molecule has 0 fully saturated rings. The number of carbonyl (C=O) groups is 6. The van der Waals surface area contributed by atoms with E-state index >= 15 is 0 Å². The van der Waals surface area contributed by atoms with E-state index < -0.39 is 23.6 Å². The zero-order valence-corrected chi connectivity index (χ0v) is 39.2. The number of anilines is 1. The third-order valence-corrected chi connectivity index (χ3v) is 11.9. The molecule has 1 aliphatic rings. The first-order valence-corrected chi connectivity index (χ1v) is 22.5. The van der Waals surface area contributed by atoms with E-state index in [1.807, 2.05) is 66.4 Å². The molecular formula is C49H52N12O8. The number of nitrogens with zero attached hydrogens (tertiary/aromatic N) is 10. The molecule has 356 valence electrons. The van der Waals surface area contributed by atoms with Crippen molar-refractivity contribution in [2.45, 2.75) is 66.7 Å². The second-order valence-corrected chi connectivity index (χ2v) is 16.5. The lowest BCUT2D eigenvalue weighted by molar-refractivity contribution is -0.138. The van der Waals surface area contributed by atoms with Gasteiger partial charge in [-0.2, -0.15) is 10.2 Å². The van der Waals surface area contributed by atoms with Crippen molar-refractivity contribution < 1.29 is 38.2 Å². The van der Waals surface area contributed by atoms with E-state index in [1.165, 1.54) is 29.2 Å². The first-order valence-electron chi connectivity index (χ1n) is 22.5. The molecule has 5 amide bonds. The number of carbonyl (C=O) groups excluding carboxylic acids is 6. The molecule has 5 aromatic heterocycles. The van der Waals surface area contributed by atoms with Gasteiger partial charge in [0.25, 0.3) is 17.7 Å². The van der Waals surface area contributed by atoms with E-state index in [9.17, 15) is 28.8 Å². The number of benzene rings is 2. The topological polar surface area (TPSA) is 237 Å². The van der Waals surface area contributed by atoms with Gasteiger partial charge in [0.15, 0.2) is 0 Å². The summed E-state index contributed by atoms with van der Waals surface area (Å²) in [5, 5.41) is 13.6. The maximum atomic E-state index is 13.9. The summed E-state index contributed by atoms with van der Waals surface area (Å²) in [5.74, 6) is -1.40. The third kappa shape index (κ3) is 9.45. The summed E-state index contributed by atoms with van der Waals surface area (Å²) in [4.78, 5) is 87.9. The fourth-order valence-electron chi connectivity index (χ4n) is 8.53. The molecule has 2 aromatic carbocycles. The number of allylic oxidation sites excluding steroid dienone is 2. The Hall–Kier alpha value is -8.42. The molecule has 0 bridgehead atoms. The number of ether oxygens (including phenoxy) is 2. The predicted octanol–water partition coefficient (Wildman–Crippen LogP) is 5.23. The van der Waals surface area contributed by atoms with Crippen LogP contribution < -0.4 is 20.5 Å². The Bertz CT molecular complexity index is 3240. The summed E-state index contributed by atoms with van der Waals surface area (Å²) < 4.78 is 19.5. The van der Waals surface area contributed by atoms with E-state index in [0.717, 1.165) is 44.6 Å². The van der Waals surface area contributed by atoms with Gasteiger partial charge in [0.1, 0.15) is 34.6 Å². The number of aryl methyl sites for hydroxylation is 4. The number of nitrogens with two attached hydrogens (primary N) is 1. The van der Waals surface area contributed by atoms with Crippen LogP contribution >= 0.6 is 0 Å². The van der Waals surface area contributed by atoms with Crippen molar-refractivity contribution in [1.29, 1.82) is 0 Å². The van der Waals surface area contributed by atoms with E-state index in [-0.39, 0.29) is 55.8 Å². The summed E-state index contributed by atoms with van der Waals surface area (Å²) in [7, 11) is 3.18. The second-order valence-electron chi connectivity index (χ2n) is 16.5. The van der Waals surface area contributed by atoms with Crippen LogP contribution in [0.3, 0.4) is 0 Å². The van der Waals surface area contributed by atoms with Gasteiger partial charge in [0, 0.05) is 86.8 Å². The van der Waals surface area contributed by atoms with E-state index in [0.29, 0.717) is 65.4 Å². The smallest absolute Gasteiger partial charge is 0.276 e. The summed E-state index contributed by atoms with van der Waals surface area (Å²) in [6.07, 6.45) is 7.33. The van der Waals surface area contributed by atoms with Crippen LogP contribution in [0.25, 0.3) is 44.4 Å². The normalized spacial score (nSPS) is 12.6. The number of hydrogen-bond donors (Lipinski definition) is 2. The number of aromatic nitrogens is 8. The molecular weight excluding hydrogens is 885 g/mol. The first kappa shape index (κ1) is 47.1. The van der Waals surface area contributed by atoms with E-state index in [2.05, 4.69) is 15.5 Å². The number of rotatable bonds is 20. The largest absolute Gasteiger partial charge is 0.495 e. The maximum absolute atomic E-state index is 13.9. The van der Waals surface area contributed by atoms with E-state index in [4.69, 9.17) is 25.2 Å². The molecule has 8 rings (SSSR count). The Labute approximate surface area is 395 Å². The molecule has 7 aromatic rings. The van der Waals surface area contributed by atoms with Gasteiger partial charge in [-0.15, -0.1) is 0 Å². The van der Waals surface area contributed by atoms with Gasteiger partial charge in [0.05, 0.1) is 47.5 Å². The molecule has 0 aliphatic carbocycles. The Kier molecular flexibility index (Phi) is 13.5. The quantitative estimate of drug-likeness (QED) is 0.0433. The number of imidazole rings is 1. The van der Waals surface area contributed by atoms with Gasteiger partial charge < -0.3 is 29.2 Å². The minimum atomic E-state index is -0.715. The minimum absolute atomic E-state index is 0.0290. The second kappa shape index (κ2) is 19.8. The molecule has 69 heavy (non-hydrogen) atoms. The third-order valence-electron chi connectivity index (χ3n) is 11.9. The standard InChI is InChI=1S/C49H52N12O8/c1-7-60-37(22-29(3)54-60)35-13-12-33-34-24-31(28-62)25-39(68-6)44(34)58(47(33)51-35)18-9-10-19-59-45-36(52-49(59)53-48(67)38-23-30(4)55-61(38)8-2)26-32(46(50)66)27-40(45)69-21-11-17-56(5)41(63)16-20-57-42(64)14-15-43(57)65/h9-10,12-15,22-28H,7-8,11,16-21H2,1-6H3,(H2,50,66)(H,52,53,67)/b10-9+. The number of fused-ring (bicyclic) bond motifs is 4. The van der Waals surface area contributed by atoms with Crippen molar-refractivity contribution in [2.75, 3.05) is 39.2 Å². The monoisotopic (exact) mass is 936 g/mol. The molecule has 0 atom stereocenters. The summed E-state index contributed by atoms with van der Waals surface area (Å²) in [6, 6.07) is 14.2. The van der Waals surface area contributed by atoms with Crippen molar-refractivity contribution in [1.82, 2.24) is 48.5 Å². The molecule has 1 aliphatic heterocycles. The van der Waals surface area contributed by atoms with Crippen LogP contribution in [-0.4, -0.2) is 118 Å². The average Bonchev–Trinajstić information content (AvgIpc) is 4.16. The minimum Gasteiger partial charge on any atom is -0.495 e. The molecule has 0 spiro atoms. The van der Waals surface area contributed by atoms with Crippen LogP contribution in [0.1, 0.15) is 69.3 Å². The van der Waals surface area contributed by atoms with Gasteiger partial charge in [-0.25, -0.2) is 9.97 Å². The highest BCUT2D eigenvalue weighted by Gasteiger charge is 2.26. The summed E-state index contributed by atoms with van der Waals surface area (Å²) in [6.45, 7) is 9.58. The number of methoxy groups -OCH3 is 1. The van der Waals surface area contributed by atoms with Gasteiger partial charge in [-0.3, -0.25) is 48.3 Å². The lowest BCUT2D eigenvalue weighted by Crippen LogP contribution is -2.36. The molecule has 0 saturated carbocycles. The molecule has 20 heteroatoms. The highest BCUT2D eigenvalue weighted by Crippen LogP contribution is 2.37. The van der Waals surface area contributed by atoms with Gasteiger partial charge >= 0.3 is 0 Å². The number of nitrogens with one attached hydrogen (secondary N) is 1. The first-order chi connectivity index (χ1) is 33.2. The number of primary amides is 1. The van der Waals surface area contributed by atoms with Gasteiger partial charge in [-0.1, -0.05) is 12.2 Å². The molecule has 6 heterocycles. The lowest BCUT2D eigenvalue weighted by Gasteiger charge is -2.19. The van der Waals surface area contributed by atoms with Crippen LogP contribution in [0.4, 0.5) is 5.95 Å². The highest BCUT2D eigenvalue weighted by molar-refractivity contribution is 6.13. The van der Waals surface area contributed by atoms with Gasteiger partial charge in [-0.05, 0) is 82.6 Å². The fourth-order valence-corrected chi connectivity index (χ4v) is 8.53. The van der Waals surface area contributed by atoms with Crippen molar-refractivity contribution in [2.24, 2.45) is 5.73 Å². The van der Waals surface area contributed by atoms with Crippen LogP contribution in [0.5, 0.6) is 11.5 Å². The Morgan fingerprint density at radius 2 is 1.55 bits per heavy atom. The lowest BCUT2D eigenvalue weighted by atomic mass is 10.1. The summed E-state index contributed by atoms with van der Waals surface area (Å²) >= 11 is 0. The molecule has 3 N–H and O–H groups in total. The zero-order valence-electron chi connectivity index (χ0n) is 39.2. The number of pyridine rings is 1. The average molecular weight is 937 g/mol. The highest BCUT2D eigenvalue weighted by atomic mass is 16.5. The number of amides is 5. The predicted molar refractivity (Wildman–Crippen MR) is 257 cm³/mol. The van der Waals surface area contributed by atoms with Crippen molar-refractivity contribution in [3.63, 3.8) is 0 Å². The Morgan fingerprint density at radius 3 is 2.25 bits per heavy atom. The van der Waals surface area contributed by atoms with E-state index in [1.54, 1.807) is 42.5 Å². The van der Waals surface area contributed by atoms with Crippen molar-refractivity contribution in [3.8, 4) is 22.9 Å². The zero-order chi connectivity index (χ0) is 49.1. The van der Waals surface area contributed by atoms with Crippen LogP contribution in [0, 0.1) is 13.8 Å². The molecule has 20 nitrogen and oxygen atoms in total. The van der Waals surface area contributed by atoms with Crippen molar-refractivity contribution in [3.05, 3.63) is 101 Å². The molecule has 0 saturated heterocycles. The number of hydrogen-bond acceptors (Lipinski definition) is 12. The molecule has 0 unspecified atom stereocenters.